The van der Waals surface area contributed by atoms with E-state index in [2.05, 4.69) is 20.5 Å². The maximum Gasteiger partial charge on any atom is 0.271 e. The summed E-state index contributed by atoms with van der Waals surface area (Å²) in [5, 5.41) is 23.9. The van der Waals surface area contributed by atoms with Gasteiger partial charge in [0.15, 0.2) is 5.82 Å². The number of fused-ring (bicyclic) bond motifs is 1. The number of aromatic nitrogens is 2. The fraction of sp³-hybridized carbons (Fsp3) is 0. The van der Waals surface area contributed by atoms with Crippen LogP contribution in [-0.2, 0) is 0 Å². The van der Waals surface area contributed by atoms with Crippen molar-refractivity contribution in [3.63, 3.8) is 0 Å². The molecular formula is C15H10N6O2. The third-order valence-corrected chi connectivity index (χ3v) is 3.07. The molecule has 3 rings (SSSR count). The highest BCUT2D eigenvalue weighted by Crippen LogP contribution is 2.17. The van der Waals surface area contributed by atoms with E-state index < -0.39 is 4.92 Å². The van der Waals surface area contributed by atoms with Crippen LogP contribution < -0.4 is 5.43 Å². The summed E-state index contributed by atoms with van der Waals surface area (Å²) >= 11 is 0. The predicted octanol–water partition coefficient (Wildman–Crippen LogP) is 2.81. The van der Waals surface area contributed by atoms with Crippen molar-refractivity contribution in [2.45, 2.75) is 0 Å². The molecule has 0 bridgehead atoms. The number of hydrogen-bond donors (Lipinski definition) is 2. The minimum atomic E-state index is -0.501. The van der Waals surface area contributed by atoms with E-state index in [-0.39, 0.29) is 11.4 Å². The van der Waals surface area contributed by atoms with Crippen LogP contribution in [0.1, 0.15) is 5.82 Å². The molecule has 0 radical (unpaired) electrons. The molecule has 3 aromatic rings. The van der Waals surface area contributed by atoms with Crippen molar-refractivity contribution in [3.8, 4) is 6.07 Å². The predicted molar refractivity (Wildman–Crippen MR) is 85.0 cm³/mol. The van der Waals surface area contributed by atoms with Crippen LogP contribution in [-0.4, -0.2) is 20.6 Å². The van der Waals surface area contributed by atoms with Crippen LogP contribution in [0.15, 0.2) is 53.6 Å². The molecular weight excluding hydrogens is 296 g/mol. The van der Waals surface area contributed by atoms with E-state index in [0.717, 1.165) is 11.0 Å². The van der Waals surface area contributed by atoms with Crippen molar-refractivity contribution in [2.24, 2.45) is 5.10 Å². The van der Waals surface area contributed by atoms with Crippen LogP contribution in [0.5, 0.6) is 0 Å². The molecule has 0 aliphatic heterocycles. The SMILES string of the molecule is N#CC(=NNc1cccc([N+](=O)[O-])c1)c1nc2ccccc2[nH]1. The second-order valence-corrected chi connectivity index (χ2v) is 4.59. The normalized spacial score (nSPS) is 11.2. The molecule has 0 spiro atoms. The van der Waals surface area contributed by atoms with E-state index in [0.29, 0.717) is 11.5 Å². The van der Waals surface area contributed by atoms with Crippen molar-refractivity contribution in [2.75, 3.05) is 5.43 Å². The Bertz CT molecular complexity index is 921. The number of nitro benzene ring substituents is 1. The average Bonchev–Trinajstić information content (AvgIpc) is 2.99. The lowest BCUT2D eigenvalue weighted by molar-refractivity contribution is -0.384. The lowest BCUT2D eigenvalue weighted by atomic mass is 10.3. The number of benzene rings is 2. The number of nitrogens with one attached hydrogen (secondary N) is 2. The number of imidazole rings is 1. The van der Waals surface area contributed by atoms with Gasteiger partial charge < -0.3 is 4.98 Å². The van der Waals surface area contributed by atoms with Gasteiger partial charge in [-0.05, 0) is 18.2 Å². The minimum Gasteiger partial charge on any atom is -0.336 e. The van der Waals surface area contributed by atoms with E-state index in [4.69, 9.17) is 0 Å². The van der Waals surface area contributed by atoms with Gasteiger partial charge in [-0.15, -0.1) is 0 Å². The summed E-state index contributed by atoms with van der Waals surface area (Å²) in [6.45, 7) is 0. The van der Waals surface area contributed by atoms with Crippen molar-refractivity contribution >= 4 is 28.1 Å². The maximum atomic E-state index is 10.7. The molecule has 0 amide bonds. The number of nitro groups is 1. The molecule has 0 saturated carbocycles. The van der Waals surface area contributed by atoms with Gasteiger partial charge in [0.1, 0.15) is 6.07 Å². The van der Waals surface area contributed by atoms with Crippen LogP contribution in [0, 0.1) is 21.4 Å². The Morgan fingerprint density at radius 2 is 2.13 bits per heavy atom. The number of rotatable bonds is 4. The second-order valence-electron chi connectivity index (χ2n) is 4.59. The smallest absolute Gasteiger partial charge is 0.271 e. The van der Waals surface area contributed by atoms with E-state index in [1.165, 1.54) is 18.2 Å². The van der Waals surface area contributed by atoms with E-state index in [9.17, 15) is 15.4 Å². The lowest BCUT2D eigenvalue weighted by Crippen LogP contribution is -2.04. The van der Waals surface area contributed by atoms with Crippen molar-refractivity contribution in [3.05, 3.63) is 64.5 Å². The van der Waals surface area contributed by atoms with E-state index in [1.54, 1.807) is 6.07 Å². The third-order valence-electron chi connectivity index (χ3n) is 3.07. The van der Waals surface area contributed by atoms with Crippen molar-refractivity contribution in [1.29, 1.82) is 5.26 Å². The Morgan fingerprint density at radius 3 is 2.87 bits per heavy atom. The Balaban J connectivity index is 1.89. The molecule has 0 aliphatic rings. The Hall–Kier alpha value is -3.73. The molecule has 0 aliphatic carbocycles. The highest BCUT2D eigenvalue weighted by Gasteiger charge is 2.10. The average molecular weight is 306 g/mol. The zero-order chi connectivity index (χ0) is 16.2. The molecule has 0 atom stereocenters. The maximum absolute atomic E-state index is 10.7. The Labute approximate surface area is 130 Å². The van der Waals surface area contributed by atoms with Gasteiger partial charge in [-0.25, -0.2) is 4.98 Å². The molecule has 23 heavy (non-hydrogen) atoms. The Morgan fingerprint density at radius 1 is 1.30 bits per heavy atom. The second kappa shape index (κ2) is 5.95. The van der Waals surface area contributed by atoms with Gasteiger partial charge >= 0.3 is 0 Å². The fourth-order valence-corrected chi connectivity index (χ4v) is 2.01. The summed E-state index contributed by atoms with van der Waals surface area (Å²) in [5.74, 6) is 0.326. The number of hydrazone groups is 1. The lowest BCUT2D eigenvalue weighted by Gasteiger charge is -2.00. The van der Waals surface area contributed by atoms with Gasteiger partial charge in [0, 0.05) is 12.1 Å². The number of anilines is 1. The molecule has 112 valence electrons. The summed E-state index contributed by atoms with van der Waals surface area (Å²) in [7, 11) is 0. The van der Waals surface area contributed by atoms with E-state index >= 15 is 0 Å². The molecule has 2 aromatic carbocycles. The zero-order valence-corrected chi connectivity index (χ0v) is 11.7. The number of nitriles is 1. The number of aromatic amines is 1. The zero-order valence-electron chi connectivity index (χ0n) is 11.7. The Kier molecular flexibility index (Phi) is 3.68. The highest BCUT2D eigenvalue weighted by molar-refractivity contribution is 6.10. The van der Waals surface area contributed by atoms with Crippen LogP contribution in [0.3, 0.4) is 0 Å². The van der Waals surface area contributed by atoms with Crippen LogP contribution in [0.4, 0.5) is 11.4 Å². The molecule has 0 fully saturated rings. The van der Waals surface area contributed by atoms with Crippen molar-refractivity contribution < 1.29 is 4.92 Å². The van der Waals surface area contributed by atoms with Crippen LogP contribution in [0.25, 0.3) is 11.0 Å². The topological polar surface area (TPSA) is 120 Å². The van der Waals surface area contributed by atoms with Crippen LogP contribution in [0.2, 0.25) is 0 Å². The minimum absolute atomic E-state index is 0.0488. The first-order chi connectivity index (χ1) is 11.2. The number of para-hydroxylation sites is 2. The summed E-state index contributed by atoms with van der Waals surface area (Å²) in [6, 6.07) is 15.2. The van der Waals surface area contributed by atoms with Gasteiger partial charge in [-0.3, -0.25) is 15.5 Å². The summed E-state index contributed by atoms with van der Waals surface area (Å²) in [4.78, 5) is 17.5. The van der Waals surface area contributed by atoms with E-state index in [1.807, 2.05) is 30.3 Å². The van der Waals surface area contributed by atoms with Gasteiger partial charge in [-0.1, -0.05) is 18.2 Å². The summed E-state index contributed by atoms with van der Waals surface area (Å²) in [5.41, 5.74) is 4.54. The molecule has 0 saturated heterocycles. The fourth-order valence-electron chi connectivity index (χ4n) is 2.01. The van der Waals surface area contributed by atoms with Crippen LogP contribution >= 0.6 is 0 Å². The standard InChI is InChI=1S/C15H10N6O2/c16-9-14(15-17-12-6-1-2-7-13(12)18-15)20-19-10-4-3-5-11(8-10)21(22)23/h1-8,19H,(H,17,18). The monoisotopic (exact) mass is 306 g/mol. The third kappa shape index (κ3) is 2.98. The molecule has 8 heteroatoms. The largest absolute Gasteiger partial charge is 0.336 e. The first-order valence-electron chi connectivity index (χ1n) is 6.61. The number of non-ortho nitro benzene ring substituents is 1. The number of hydrogen-bond acceptors (Lipinski definition) is 6. The molecule has 1 aromatic heterocycles. The molecule has 2 N–H and O–H groups in total. The first kappa shape index (κ1) is 14.2. The highest BCUT2D eigenvalue weighted by atomic mass is 16.6. The number of nitrogens with zero attached hydrogens (tertiary/aromatic N) is 4. The quantitative estimate of drug-likeness (QED) is 0.436. The molecule has 8 nitrogen and oxygen atoms in total. The van der Waals surface area contributed by atoms with Gasteiger partial charge in [0.2, 0.25) is 5.71 Å². The van der Waals surface area contributed by atoms with Crippen molar-refractivity contribution in [1.82, 2.24) is 9.97 Å². The summed E-state index contributed by atoms with van der Waals surface area (Å²) in [6.07, 6.45) is 0. The summed E-state index contributed by atoms with van der Waals surface area (Å²) < 4.78 is 0. The van der Waals surface area contributed by atoms with Gasteiger partial charge in [-0.2, -0.15) is 10.4 Å². The first-order valence-corrected chi connectivity index (χ1v) is 6.61. The number of H-pyrrole nitrogens is 1. The molecule has 0 unspecified atom stereocenters. The van der Waals surface area contributed by atoms with Gasteiger partial charge in [0.25, 0.3) is 5.69 Å². The van der Waals surface area contributed by atoms with Gasteiger partial charge in [0.05, 0.1) is 21.6 Å². The molecule has 1 heterocycles.